The van der Waals surface area contributed by atoms with Gasteiger partial charge in [0.25, 0.3) is 0 Å². The fourth-order valence-electron chi connectivity index (χ4n) is 2.21. The number of ether oxygens (including phenoxy) is 1. The molecule has 1 unspecified atom stereocenters. The van der Waals surface area contributed by atoms with Crippen LogP contribution in [-0.2, 0) is 15.1 Å². The molecule has 5 heteroatoms. The number of methoxy groups -OCH3 is 1. The van der Waals surface area contributed by atoms with Crippen LogP contribution in [0.15, 0.2) is 48.5 Å². The molecule has 0 saturated carbocycles. The third-order valence-electron chi connectivity index (χ3n) is 3.22. The van der Waals surface area contributed by atoms with E-state index in [0.717, 1.165) is 12.1 Å². The van der Waals surface area contributed by atoms with Crippen molar-refractivity contribution < 1.29 is 18.3 Å². The van der Waals surface area contributed by atoms with Gasteiger partial charge in [0.2, 0.25) is 0 Å². The van der Waals surface area contributed by atoms with Crippen LogP contribution in [0.1, 0.15) is 12.5 Å². The molecule has 0 aromatic heterocycles. The van der Waals surface area contributed by atoms with Gasteiger partial charge in [-0.2, -0.15) is 0 Å². The largest absolute Gasteiger partial charge is 0.467 e. The second-order valence-corrected chi connectivity index (χ2v) is 4.70. The van der Waals surface area contributed by atoms with Crippen molar-refractivity contribution >= 4 is 11.7 Å². The maximum atomic E-state index is 14.1. The van der Waals surface area contributed by atoms with Gasteiger partial charge >= 0.3 is 5.97 Å². The molecule has 0 bridgehead atoms. The van der Waals surface area contributed by atoms with Crippen molar-refractivity contribution in [3.63, 3.8) is 0 Å². The molecule has 21 heavy (non-hydrogen) atoms. The summed E-state index contributed by atoms with van der Waals surface area (Å²) in [5.74, 6) is -2.41. The summed E-state index contributed by atoms with van der Waals surface area (Å²) in [7, 11) is 1.17. The number of hydrogen-bond donors (Lipinski definition) is 1. The van der Waals surface area contributed by atoms with Crippen LogP contribution in [0.4, 0.5) is 14.5 Å². The SMILES string of the molecule is COC(=O)C(C)(Nc1ccccc1)c1c(F)cccc1F. The molecule has 0 aliphatic rings. The second kappa shape index (κ2) is 5.91. The summed E-state index contributed by atoms with van der Waals surface area (Å²) in [5.41, 5.74) is -1.50. The van der Waals surface area contributed by atoms with E-state index in [-0.39, 0.29) is 5.56 Å². The summed E-state index contributed by atoms with van der Waals surface area (Å²) < 4.78 is 32.8. The lowest BCUT2D eigenvalue weighted by atomic mass is 9.90. The lowest BCUT2D eigenvalue weighted by molar-refractivity contribution is -0.146. The van der Waals surface area contributed by atoms with Gasteiger partial charge in [0.1, 0.15) is 11.6 Å². The van der Waals surface area contributed by atoms with Crippen molar-refractivity contribution in [3.8, 4) is 0 Å². The van der Waals surface area contributed by atoms with E-state index in [0.29, 0.717) is 5.69 Å². The van der Waals surface area contributed by atoms with E-state index in [1.54, 1.807) is 30.3 Å². The number of esters is 1. The molecular formula is C16H15F2NO2. The predicted molar refractivity (Wildman–Crippen MR) is 75.8 cm³/mol. The first-order valence-corrected chi connectivity index (χ1v) is 6.35. The lowest BCUT2D eigenvalue weighted by Crippen LogP contribution is -2.43. The topological polar surface area (TPSA) is 38.3 Å². The van der Waals surface area contributed by atoms with Gasteiger partial charge in [0.15, 0.2) is 5.54 Å². The van der Waals surface area contributed by atoms with Gasteiger partial charge in [-0.3, -0.25) is 0 Å². The van der Waals surface area contributed by atoms with Crippen LogP contribution >= 0.6 is 0 Å². The average Bonchev–Trinajstić information content (AvgIpc) is 2.47. The Balaban J connectivity index is 2.55. The predicted octanol–water partition coefficient (Wildman–Crippen LogP) is 3.47. The van der Waals surface area contributed by atoms with Crippen molar-refractivity contribution in [2.45, 2.75) is 12.5 Å². The third-order valence-corrected chi connectivity index (χ3v) is 3.22. The Morgan fingerprint density at radius 1 is 1.05 bits per heavy atom. The first-order valence-electron chi connectivity index (χ1n) is 6.35. The van der Waals surface area contributed by atoms with Crippen molar-refractivity contribution in [3.05, 3.63) is 65.7 Å². The number of carbonyl (C=O) groups excluding carboxylic acids is 1. The number of hydrogen-bond acceptors (Lipinski definition) is 3. The van der Waals surface area contributed by atoms with Gasteiger partial charge in [-0.05, 0) is 31.2 Å². The number of anilines is 1. The number of nitrogens with one attached hydrogen (secondary N) is 1. The highest BCUT2D eigenvalue weighted by Crippen LogP contribution is 2.31. The zero-order valence-electron chi connectivity index (χ0n) is 11.7. The van der Waals surface area contributed by atoms with Gasteiger partial charge in [0.05, 0.1) is 12.7 Å². The zero-order valence-corrected chi connectivity index (χ0v) is 11.7. The highest BCUT2D eigenvalue weighted by Gasteiger charge is 2.41. The summed E-state index contributed by atoms with van der Waals surface area (Å²) in [6.07, 6.45) is 0. The molecule has 1 atom stereocenters. The van der Waals surface area contributed by atoms with Crippen LogP contribution < -0.4 is 5.32 Å². The van der Waals surface area contributed by atoms with Crippen molar-refractivity contribution in [1.82, 2.24) is 0 Å². The van der Waals surface area contributed by atoms with Gasteiger partial charge in [0, 0.05) is 5.69 Å². The van der Waals surface area contributed by atoms with E-state index in [4.69, 9.17) is 4.74 Å². The maximum Gasteiger partial charge on any atom is 0.336 e. The molecule has 0 saturated heterocycles. The highest BCUT2D eigenvalue weighted by atomic mass is 19.1. The van der Waals surface area contributed by atoms with Crippen LogP contribution in [0.3, 0.4) is 0 Å². The second-order valence-electron chi connectivity index (χ2n) is 4.70. The van der Waals surface area contributed by atoms with Gasteiger partial charge in [-0.25, -0.2) is 13.6 Å². The van der Waals surface area contributed by atoms with Crippen molar-refractivity contribution in [1.29, 1.82) is 0 Å². The monoisotopic (exact) mass is 291 g/mol. The van der Waals surface area contributed by atoms with E-state index in [9.17, 15) is 13.6 Å². The molecule has 0 amide bonds. The molecule has 110 valence electrons. The van der Waals surface area contributed by atoms with Crippen LogP contribution in [0.5, 0.6) is 0 Å². The first-order chi connectivity index (χ1) is 9.99. The van der Waals surface area contributed by atoms with E-state index in [1.165, 1.54) is 20.1 Å². The van der Waals surface area contributed by atoms with Gasteiger partial charge in [-0.1, -0.05) is 24.3 Å². The molecule has 0 fully saturated rings. The Hall–Kier alpha value is -2.43. The van der Waals surface area contributed by atoms with Crippen LogP contribution in [0, 0.1) is 11.6 Å². The third kappa shape index (κ3) is 2.86. The Morgan fingerprint density at radius 3 is 2.14 bits per heavy atom. The average molecular weight is 291 g/mol. The van der Waals surface area contributed by atoms with E-state index in [1.807, 2.05) is 0 Å². The van der Waals surface area contributed by atoms with Crippen molar-refractivity contribution in [2.75, 3.05) is 12.4 Å². The first kappa shape index (κ1) is 15.0. The number of rotatable bonds is 4. The van der Waals surface area contributed by atoms with Gasteiger partial charge in [-0.15, -0.1) is 0 Å². The fraction of sp³-hybridized carbons (Fsp3) is 0.188. The quantitative estimate of drug-likeness (QED) is 0.877. The minimum Gasteiger partial charge on any atom is -0.467 e. The molecule has 3 nitrogen and oxygen atoms in total. The number of halogens is 2. The molecule has 2 aromatic carbocycles. The molecule has 0 heterocycles. The van der Waals surface area contributed by atoms with E-state index < -0.39 is 23.1 Å². The summed E-state index contributed by atoms with van der Waals surface area (Å²) in [6, 6.07) is 12.1. The molecule has 2 aromatic rings. The summed E-state index contributed by atoms with van der Waals surface area (Å²) in [6.45, 7) is 1.38. The van der Waals surface area contributed by atoms with Crippen molar-refractivity contribution in [2.24, 2.45) is 0 Å². The summed E-state index contributed by atoms with van der Waals surface area (Å²) in [5, 5.41) is 2.85. The van der Waals surface area contributed by atoms with Crippen LogP contribution in [0.25, 0.3) is 0 Å². The van der Waals surface area contributed by atoms with E-state index in [2.05, 4.69) is 5.32 Å². The summed E-state index contributed by atoms with van der Waals surface area (Å²) >= 11 is 0. The highest BCUT2D eigenvalue weighted by molar-refractivity contribution is 5.85. The number of para-hydroxylation sites is 1. The molecule has 0 spiro atoms. The molecule has 0 aliphatic carbocycles. The van der Waals surface area contributed by atoms with E-state index >= 15 is 0 Å². The minimum absolute atomic E-state index is 0.374. The number of carbonyl (C=O) groups is 1. The Morgan fingerprint density at radius 2 is 1.62 bits per heavy atom. The fourth-order valence-corrected chi connectivity index (χ4v) is 2.21. The summed E-state index contributed by atoms with van der Waals surface area (Å²) in [4.78, 5) is 12.1. The molecular weight excluding hydrogens is 276 g/mol. The molecule has 0 aliphatic heterocycles. The Kier molecular flexibility index (Phi) is 4.21. The molecule has 1 N–H and O–H groups in total. The molecule has 2 rings (SSSR count). The van der Waals surface area contributed by atoms with Crippen LogP contribution in [-0.4, -0.2) is 13.1 Å². The Labute approximate surface area is 121 Å². The Bertz CT molecular complexity index is 626. The lowest BCUT2D eigenvalue weighted by Gasteiger charge is -2.30. The standard InChI is InChI=1S/C16H15F2NO2/c1-16(15(20)21-2,19-11-7-4-3-5-8-11)14-12(17)9-6-10-13(14)18/h3-10,19H,1-2H3. The van der Waals surface area contributed by atoms with Crippen LogP contribution in [0.2, 0.25) is 0 Å². The minimum atomic E-state index is -1.68. The zero-order chi connectivity index (χ0) is 15.5. The normalized spacial score (nSPS) is 13.3. The molecule has 0 radical (unpaired) electrons. The maximum absolute atomic E-state index is 14.1. The number of benzene rings is 2. The smallest absolute Gasteiger partial charge is 0.336 e. The van der Waals surface area contributed by atoms with Gasteiger partial charge < -0.3 is 10.1 Å².